The maximum absolute atomic E-state index is 3.97. The van der Waals surface area contributed by atoms with E-state index >= 15 is 0 Å². The van der Waals surface area contributed by atoms with Gasteiger partial charge in [-0.3, -0.25) is 0 Å². The molecule has 0 aliphatic rings. The minimum Gasteiger partial charge on any atom is -0.379 e. The van der Waals surface area contributed by atoms with Gasteiger partial charge in [-0.2, -0.15) is 4.68 Å². The van der Waals surface area contributed by atoms with Crippen LogP contribution in [0.5, 0.6) is 0 Å². The van der Waals surface area contributed by atoms with Crippen LogP contribution in [0.3, 0.4) is 0 Å². The van der Waals surface area contributed by atoms with Crippen molar-refractivity contribution in [1.82, 2.24) is 24.8 Å². The summed E-state index contributed by atoms with van der Waals surface area (Å²) in [5.41, 5.74) is 3.22. The van der Waals surface area contributed by atoms with Gasteiger partial charge < -0.3 is 9.88 Å². The zero-order valence-electron chi connectivity index (χ0n) is 11.5. The van der Waals surface area contributed by atoms with Crippen LogP contribution in [0.15, 0.2) is 42.6 Å². The molecule has 0 saturated heterocycles. The van der Waals surface area contributed by atoms with Crippen molar-refractivity contribution < 1.29 is 0 Å². The van der Waals surface area contributed by atoms with Crippen molar-refractivity contribution >= 4 is 5.69 Å². The molecule has 6 nitrogen and oxygen atoms in total. The van der Waals surface area contributed by atoms with Crippen molar-refractivity contribution in [2.24, 2.45) is 7.05 Å². The van der Waals surface area contributed by atoms with Crippen molar-refractivity contribution in [3.8, 4) is 5.69 Å². The number of rotatable bonds is 4. The second kappa shape index (κ2) is 5.16. The fourth-order valence-corrected chi connectivity index (χ4v) is 2.09. The Morgan fingerprint density at radius 1 is 1.20 bits per heavy atom. The average Bonchev–Trinajstić information content (AvgIpc) is 3.05. The Bertz CT molecular complexity index is 712. The van der Waals surface area contributed by atoms with E-state index in [1.165, 1.54) is 5.69 Å². The van der Waals surface area contributed by atoms with Crippen LogP contribution in [0.1, 0.15) is 11.5 Å². The molecular formula is C14H16N6. The molecule has 3 rings (SSSR count). The molecule has 0 atom stereocenters. The van der Waals surface area contributed by atoms with E-state index in [0.29, 0.717) is 0 Å². The summed E-state index contributed by atoms with van der Waals surface area (Å²) in [4.78, 5) is 0. The molecule has 0 radical (unpaired) electrons. The van der Waals surface area contributed by atoms with Crippen molar-refractivity contribution in [3.63, 3.8) is 0 Å². The molecule has 0 spiro atoms. The molecule has 1 N–H and O–H groups in total. The lowest BCUT2D eigenvalue weighted by Gasteiger charge is -2.09. The molecule has 2 heterocycles. The Morgan fingerprint density at radius 2 is 2.10 bits per heavy atom. The average molecular weight is 268 g/mol. The maximum Gasteiger partial charge on any atom is 0.153 e. The third-order valence-electron chi connectivity index (χ3n) is 3.24. The highest BCUT2D eigenvalue weighted by Crippen LogP contribution is 2.15. The number of benzene rings is 1. The van der Waals surface area contributed by atoms with Crippen molar-refractivity contribution in [1.29, 1.82) is 0 Å². The topological polar surface area (TPSA) is 60.6 Å². The Balaban J connectivity index is 1.78. The molecule has 102 valence electrons. The smallest absolute Gasteiger partial charge is 0.153 e. The monoisotopic (exact) mass is 268 g/mol. The lowest BCUT2D eigenvalue weighted by atomic mass is 10.2. The molecule has 3 aromatic rings. The van der Waals surface area contributed by atoms with E-state index in [-0.39, 0.29) is 0 Å². The van der Waals surface area contributed by atoms with Gasteiger partial charge in [0, 0.05) is 24.6 Å². The standard InChI is InChI=1S/C14H16N6/c1-11-16-17-18-20(11)13-6-3-5-12(9-13)15-10-14-7-4-8-19(14)2/h3-9,15H,10H2,1-2H3. The van der Waals surface area contributed by atoms with Gasteiger partial charge in [0.2, 0.25) is 0 Å². The fraction of sp³-hybridized carbons (Fsp3) is 0.214. The number of aryl methyl sites for hydroxylation is 2. The first-order valence-corrected chi connectivity index (χ1v) is 6.43. The van der Waals surface area contributed by atoms with Crippen LogP contribution >= 0.6 is 0 Å². The first kappa shape index (κ1) is 12.4. The van der Waals surface area contributed by atoms with E-state index in [1.807, 2.05) is 50.5 Å². The number of aromatic nitrogens is 5. The summed E-state index contributed by atoms with van der Waals surface area (Å²) in [6, 6.07) is 12.2. The van der Waals surface area contributed by atoms with Crippen LogP contribution in [0, 0.1) is 6.92 Å². The van der Waals surface area contributed by atoms with Gasteiger partial charge >= 0.3 is 0 Å². The van der Waals surface area contributed by atoms with Crippen LogP contribution in [0.2, 0.25) is 0 Å². The van der Waals surface area contributed by atoms with E-state index in [9.17, 15) is 0 Å². The zero-order chi connectivity index (χ0) is 13.9. The molecule has 0 aliphatic heterocycles. The summed E-state index contributed by atoms with van der Waals surface area (Å²) in [6.07, 6.45) is 2.04. The molecule has 1 aromatic carbocycles. The summed E-state index contributed by atoms with van der Waals surface area (Å²) >= 11 is 0. The number of nitrogens with zero attached hydrogens (tertiary/aromatic N) is 5. The molecular weight excluding hydrogens is 252 g/mol. The lowest BCUT2D eigenvalue weighted by Crippen LogP contribution is -2.05. The van der Waals surface area contributed by atoms with Crippen molar-refractivity contribution in [3.05, 3.63) is 54.1 Å². The number of nitrogens with one attached hydrogen (secondary N) is 1. The molecule has 0 amide bonds. The van der Waals surface area contributed by atoms with Gasteiger partial charge in [-0.15, -0.1) is 5.10 Å². The first-order valence-electron chi connectivity index (χ1n) is 6.43. The summed E-state index contributed by atoms with van der Waals surface area (Å²) in [6.45, 7) is 2.66. The highest BCUT2D eigenvalue weighted by molar-refractivity contribution is 5.51. The maximum atomic E-state index is 3.97. The van der Waals surface area contributed by atoms with Crippen LogP contribution in [0.25, 0.3) is 5.69 Å². The molecule has 0 unspecified atom stereocenters. The normalized spacial score (nSPS) is 10.7. The summed E-state index contributed by atoms with van der Waals surface area (Å²) in [7, 11) is 2.04. The third-order valence-corrected chi connectivity index (χ3v) is 3.24. The second-order valence-electron chi connectivity index (χ2n) is 4.65. The number of hydrogen-bond acceptors (Lipinski definition) is 4. The third kappa shape index (κ3) is 2.40. The van der Waals surface area contributed by atoms with E-state index in [2.05, 4.69) is 31.5 Å². The molecule has 0 saturated carbocycles. The predicted octanol–water partition coefficient (Wildman–Crippen LogP) is 1.92. The quantitative estimate of drug-likeness (QED) is 0.785. The van der Waals surface area contributed by atoms with Gasteiger partial charge in [0.25, 0.3) is 0 Å². The Kier molecular flexibility index (Phi) is 3.20. The predicted molar refractivity (Wildman–Crippen MR) is 76.6 cm³/mol. The molecule has 6 heteroatoms. The number of tetrazole rings is 1. The van der Waals surface area contributed by atoms with Crippen LogP contribution in [-0.2, 0) is 13.6 Å². The van der Waals surface area contributed by atoms with Gasteiger partial charge in [0.15, 0.2) is 5.82 Å². The van der Waals surface area contributed by atoms with E-state index < -0.39 is 0 Å². The van der Waals surface area contributed by atoms with Gasteiger partial charge in [-0.25, -0.2) is 0 Å². The highest BCUT2D eigenvalue weighted by Gasteiger charge is 2.04. The summed E-state index contributed by atoms with van der Waals surface area (Å²) in [5, 5.41) is 14.9. The Morgan fingerprint density at radius 3 is 2.80 bits per heavy atom. The second-order valence-corrected chi connectivity index (χ2v) is 4.65. The molecule has 2 aromatic heterocycles. The van der Waals surface area contributed by atoms with Gasteiger partial charge in [0.05, 0.1) is 12.2 Å². The van der Waals surface area contributed by atoms with Gasteiger partial charge in [-0.05, 0) is 47.7 Å². The highest BCUT2D eigenvalue weighted by atomic mass is 15.5. The molecule has 0 fully saturated rings. The van der Waals surface area contributed by atoms with Gasteiger partial charge in [0.1, 0.15) is 0 Å². The SMILES string of the molecule is Cc1nnnn1-c1cccc(NCc2cccn2C)c1. The Hall–Kier alpha value is -2.63. The largest absolute Gasteiger partial charge is 0.379 e. The minimum absolute atomic E-state index is 0.768. The summed E-state index contributed by atoms with van der Waals surface area (Å²) < 4.78 is 3.82. The van der Waals surface area contributed by atoms with Gasteiger partial charge in [-0.1, -0.05) is 6.07 Å². The minimum atomic E-state index is 0.768. The van der Waals surface area contributed by atoms with E-state index in [0.717, 1.165) is 23.7 Å². The van der Waals surface area contributed by atoms with Crippen LogP contribution in [0.4, 0.5) is 5.69 Å². The van der Waals surface area contributed by atoms with Crippen LogP contribution < -0.4 is 5.32 Å². The Labute approximate surface area is 117 Å². The van der Waals surface area contributed by atoms with Crippen molar-refractivity contribution in [2.75, 3.05) is 5.32 Å². The van der Waals surface area contributed by atoms with E-state index in [1.54, 1.807) is 4.68 Å². The van der Waals surface area contributed by atoms with E-state index in [4.69, 9.17) is 0 Å². The van der Waals surface area contributed by atoms with Crippen molar-refractivity contribution in [2.45, 2.75) is 13.5 Å². The fourth-order valence-electron chi connectivity index (χ4n) is 2.09. The molecule has 0 aliphatic carbocycles. The first-order chi connectivity index (χ1) is 9.74. The van der Waals surface area contributed by atoms with Crippen LogP contribution in [-0.4, -0.2) is 24.8 Å². The lowest BCUT2D eigenvalue weighted by molar-refractivity contribution is 0.779. The zero-order valence-corrected chi connectivity index (χ0v) is 11.5. The summed E-state index contributed by atoms with van der Waals surface area (Å²) in [5.74, 6) is 0.768. The molecule has 20 heavy (non-hydrogen) atoms. The molecule has 0 bridgehead atoms. The number of hydrogen-bond donors (Lipinski definition) is 1. The number of anilines is 1.